The van der Waals surface area contributed by atoms with Crippen LogP contribution >= 0.6 is 46.4 Å². The van der Waals surface area contributed by atoms with Crippen molar-refractivity contribution in [3.05, 3.63) is 61.6 Å². The van der Waals surface area contributed by atoms with E-state index in [-0.39, 0.29) is 20.6 Å². The molecule has 0 aromatic heterocycles. The lowest BCUT2D eigenvalue weighted by atomic mass is 10.1. The summed E-state index contributed by atoms with van der Waals surface area (Å²) in [5, 5.41) is 13.0. The summed E-state index contributed by atoms with van der Waals surface area (Å²) in [4.78, 5) is 12.3. The van der Waals surface area contributed by atoms with Crippen molar-refractivity contribution in [2.45, 2.75) is 0 Å². The maximum Gasteiger partial charge on any atom is 0.266 e. The molecule has 0 aliphatic carbocycles. The predicted octanol–water partition coefficient (Wildman–Crippen LogP) is 5.85. The van der Waals surface area contributed by atoms with Gasteiger partial charge in [-0.1, -0.05) is 46.4 Å². The number of hydrogen-bond donors (Lipinski definition) is 1. The van der Waals surface area contributed by atoms with Gasteiger partial charge in [-0.3, -0.25) is 4.79 Å². The van der Waals surface area contributed by atoms with E-state index in [0.717, 1.165) is 0 Å². The van der Waals surface area contributed by atoms with Gasteiger partial charge in [0.05, 0.1) is 27.2 Å². The lowest BCUT2D eigenvalue weighted by Crippen LogP contribution is -2.13. The molecule has 0 saturated heterocycles. The highest BCUT2D eigenvalue weighted by Crippen LogP contribution is 2.34. The Kier molecular flexibility index (Phi) is 6.57. The van der Waals surface area contributed by atoms with Crippen LogP contribution in [0.2, 0.25) is 20.1 Å². The summed E-state index contributed by atoms with van der Waals surface area (Å²) in [6.07, 6.45) is 1.37. The van der Waals surface area contributed by atoms with E-state index >= 15 is 0 Å². The number of anilines is 1. The molecule has 25 heavy (non-hydrogen) atoms. The Hall–Kier alpha value is -1.90. The van der Waals surface area contributed by atoms with Crippen molar-refractivity contribution < 1.29 is 9.53 Å². The highest BCUT2D eigenvalue weighted by Gasteiger charge is 2.13. The standard InChI is InChI=1S/C17H10Cl4N2O2/c1-25-16-14(20)5-9(6-15(16)21)4-10(8-22)17(24)23-11-2-3-12(18)13(19)7-11/h2-7H,1H3,(H,23,24)/b10-4+. The van der Waals surface area contributed by atoms with Crippen LogP contribution < -0.4 is 10.1 Å². The molecule has 128 valence electrons. The van der Waals surface area contributed by atoms with Crippen LogP contribution in [0.3, 0.4) is 0 Å². The van der Waals surface area contributed by atoms with Gasteiger partial charge in [0.25, 0.3) is 5.91 Å². The van der Waals surface area contributed by atoms with E-state index in [1.807, 2.05) is 6.07 Å². The third-order valence-electron chi connectivity index (χ3n) is 3.08. The largest absolute Gasteiger partial charge is 0.494 e. The van der Waals surface area contributed by atoms with Gasteiger partial charge in [-0.15, -0.1) is 0 Å². The Balaban J connectivity index is 2.29. The number of nitriles is 1. The molecule has 2 aromatic carbocycles. The zero-order valence-electron chi connectivity index (χ0n) is 12.7. The third-order valence-corrected chi connectivity index (χ3v) is 4.38. The fraction of sp³-hybridized carbons (Fsp3) is 0.0588. The first-order valence-corrected chi connectivity index (χ1v) is 8.28. The molecule has 0 bridgehead atoms. The Labute approximate surface area is 164 Å². The molecule has 0 radical (unpaired) electrons. The van der Waals surface area contributed by atoms with E-state index < -0.39 is 5.91 Å². The fourth-order valence-corrected chi connectivity index (χ4v) is 2.90. The Morgan fingerprint density at radius 3 is 2.24 bits per heavy atom. The van der Waals surface area contributed by atoms with E-state index in [1.165, 1.54) is 37.5 Å². The van der Waals surface area contributed by atoms with Gasteiger partial charge in [0, 0.05) is 5.69 Å². The molecule has 8 heteroatoms. The topological polar surface area (TPSA) is 62.1 Å². The van der Waals surface area contributed by atoms with Crippen molar-refractivity contribution in [1.29, 1.82) is 5.26 Å². The van der Waals surface area contributed by atoms with Crippen LogP contribution in [0.4, 0.5) is 5.69 Å². The minimum Gasteiger partial charge on any atom is -0.494 e. The number of benzene rings is 2. The number of methoxy groups -OCH3 is 1. The van der Waals surface area contributed by atoms with Crippen molar-refractivity contribution in [3.8, 4) is 11.8 Å². The van der Waals surface area contributed by atoms with Gasteiger partial charge in [-0.2, -0.15) is 5.26 Å². The number of halogens is 4. The molecule has 0 atom stereocenters. The second-order valence-electron chi connectivity index (χ2n) is 4.77. The highest BCUT2D eigenvalue weighted by atomic mass is 35.5. The number of nitrogens with one attached hydrogen (secondary N) is 1. The van der Waals surface area contributed by atoms with Crippen LogP contribution in [0.15, 0.2) is 35.9 Å². The third kappa shape index (κ3) is 4.81. The molecular formula is C17H10Cl4N2O2. The summed E-state index contributed by atoms with van der Waals surface area (Å²) >= 11 is 23.8. The second kappa shape index (κ2) is 8.46. The van der Waals surface area contributed by atoms with Crippen molar-refractivity contribution in [3.63, 3.8) is 0 Å². The molecule has 4 nitrogen and oxygen atoms in total. The van der Waals surface area contributed by atoms with E-state index in [1.54, 1.807) is 6.07 Å². The molecule has 1 N–H and O–H groups in total. The maximum absolute atomic E-state index is 12.3. The van der Waals surface area contributed by atoms with Crippen LogP contribution in [0.5, 0.6) is 5.75 Å². The number of carbonyl (C=O) groups is 1. The van der Waals surface area contributed by atoms with Crippen LogP contribution in [0.1, 0.15) is 5.56 Å². The molecular weight excluding hydrogens is 406 g/mol. The van der Waals surface area contributed by atoms with Gasteiger partial charge in [0.15, 0.2) is 5.75 Å². The average Bonchev–Trinajstić information content (AvgIpc) is 2.55. The Bertz CT molecular complexity index is 881. The SMILES string of the molecule is COc1c(Cl)cc(/C=C(\C#N)C(=O)Nc2ccc(Cl)c(Cl)c2)cc1Cl. The van der Waals surface area contributed by atoms with Gasteiger partial charge in [0.1, 0.15) is 11.6 Å². The maximum atomic E-state index is 12.3. The summed E-state index contributed by atoms with van der Waals surface area (Å²) in [7, 11) is 1.44. The summed E-state index contributed by atoms with van der Waals surface area (Å²) in [5.74, 6) is -0.289. The van der Waals surface area contributed by atoms with Gasteiger partial charge in [-0.25, -0.2) is 0 Å². The smallest absolute Gasteiger partial charge is 0.266 e. The minimum atomic E-state index is -0.607. The molecule has 0 spiro atoms. The molecule has 0 unspecified atom stereocenters. The minimum absolute atomic E-state index is 0.136. The van der Waals surface area contributed by atoms with Gasteiger partial charge in [-0.05, 0) is 42.0 Å². The van der Waals surface area contributed by atoms with Crippen LogP contribution in [-0.4, -0.2) is 13.0 Å². The lowest BCUT2D eigenvalue weighted by Gasteiger charge is -2.08. The number of carbonyl (C=O) groups excluding carboxylic acids is 1. The summed E-state index contributed by atoms with van der Waals surface area (Å²) in [6.45, 7) is 0. The molecule has 2 aromatic rings. The Morgan fingerprint density at radius 1 is 1.08 bits per heavy atom. The van der Waals surface area contributed by atoms with E-state index in [9.17, 15) is 10.1 Å². The van der Waals surface area contributed by atoms with Crippen LogP contribution in [0.25, 0.3) is 6.08 Å². The molecule has 2 rings (SSSR count). The zero-order chi connectivity index (χ0) is 18.6. The number of ether oxygens (including phenoxy) is 1. The van der Waals surface area contributed by atoms with Gasteiger partial charge < -0.3 is 10.1 Å². The molecule has 0 aliphatic rings. The summed E-state index contributed by atoms with van der Waals surface area (Å²) in [6, 6.07) is 9.51. The zero-order valence-corrected chi connectivity index (χ0v) is 15.8. The normalized spacial score (nSPS) is 11.0. The number of hydrogen-bond acceptors (Lipinski definition) is 3. The quantitative estimate of drug-likeness (QED) is 0.502. The number of nitrogens with zero attached hydrogens (tertiary/aromatic N) is 1. The van der Waals surface area contributed by atoms with Gasteiger partial charge >= 0.3 is 0 Å². The molecule has 1 amide bonds. The fourth-order valence-electron chi connectivity index (χ4n) is 1.95. The first-order chi connectivity index (χ1) is 11.8. The van der Waals surface area contributed by atoms with E-state index in [2.05, 4.69) is 5.32 Å². The summed E-state index contributed by atoms with van der Waals surface area (Å²) in [5.41, 5.74) is 0.756. The number of rotatable bonds is 4. The second-order valence-corrected chi connectivity index (χ2v) is 6.40. The first kappa shape index (κ1) is 19.4. The van der Waals surface area contributed by atoms with Crippen LogP contribution in [0, 0.1) is 11.3 Å². The molecule has 0 aliphatic heterocycles. The molecule has 0 heterocycles. The van der Waals surface area contributed by atoms with Gasteiger partial charge in [0.2, 0.25) is 0 Å². The first-order valence-electron chi connectivity index (χ1n) is 6.77. The monoisotopic (exact) mass is 414 g/mol. The van der Waals surface area contributed by atoms with Crippen LogP contribution in [-0.2, 0) is 4.79 Å². The average molecular weight is 416 g/mol. The number of amides is 1. The van der Waals surface area contributed by atoms with Crippen molar-refractivity contribution in [2.75, 3.05) is 12.4 Å². The lowest BCUT2D eigenvalue weighted by molar-refractivity contribution is -0.112. The van der Waals surface area contributed by atoms with E-state index in [4.69, 9.17) is 51.1 Å². The van der Waals surface area contributed by atoms with Crippen molar-refractivity contribution >= 4 is 64.1 Å². The van der Waals surface area contributed by atoms with Crippen molar-refractivity contribution in [1.82, 2.24) is 0 Å². The van der Waals surface area contributed by atoms with E-state index in [0.29, 0.717) is 22.0 Å². The van der Waals surface area contributed by atoms with Crippen molar-refractivity contribution in [2.24, 2.45) is 0 Å². The molecule has 0 fully saturated rings. The molecule has 0 saturated carbocycles. The Morgan fingerprint density at radius 2 is 1.72 bits per heavy atom. The highest BCUT2D eigenvalue weighted by molar-refractivity contribution is 6.42. The predicted molar refractivity (Wildman–Crippen MR) is 102 cm³/mol. The summed E-state index contributed by atoms with van der Waals surface area (Å²) < 4.78 is 5.06.